The van der Waals surface area contributed by atoms with Crippen LogP contribution in [0.25, 0.3) is 0 Å². The van der Waals surface area contributed by atoms with Crippen molar-refractivity contribution in [1.29, 1.82) is 0 Å². The highest BCUT2D eigenvalue weighted by Gasteiger charge is 2.35. The van der Waals surface area contributed by atoms with Crippen molar-refractivity contribution in [3.05, 3.63) is 0 Å². The van der Waals surface area contributed by atoms with Crippen LogP contribution in [0.5, 0.6) is 0 Å². The predicted molar refractivity (Wildman–Crippen MR) is 251 cm³/mol. The number of hydrogen-bond acceptors (Lipinski definition) is 12. The van der Waals surface area contributed by atoms with Gasteiger partial charge in [0.05, 0.1) is 6.04 Å². The Morgan fingerprint density at radius 1 is 0.394 bits per heavy atom. The molecule has 0 fully saturated rings. The van der Waals surface area contributed by atoms with Gasteiger partial charge in [-0.3, -0.25) is 48.7 Å². The molecule has 0 aliphatic heterocycles. The van der Waals surface area contributed by atoms with Gasteiger partial charge in [0.25, 0.3) is 0 Å². The molecule has 0 aromatic carbocycles. The molecule has 0 aliphatic carbocycles. The second-order valence-electron chi connectivity index (χ2n) is 16.6. The molecule has 0 aromatic heterocycles. The number of carboxylic acid groups (broad SMARTS) is 1. The summed E-state index contributed by atoms with van der Waals surface area (Å²) in [5.41, 5.74) is 49.4. The van der Waals surface area contributed by atoms with Gasteiger partial charge in [0.15, 0.2) is 23.8 Å². The lowest BCUT2D eigenvalue weighted by atomic mass is 9.98. The van der Waals surface area contributed by atoms with Gasteiger partial charge in [-0.1, -0.05) is 41.5 Å². The van der Waals surface area contributed by atoms with Crippen LogP contribution in [-0.2, 0) is 33.6 Å². The minimum atomic E-state index is -1.36. The molecule has 0 unspecified atom stereocenters. The van der Waals surface area contributed by atoms with E-state index in [1.54, 1.807) is 41.5 Å². The minimum Gasteiger partial charge on any atom is -0.480 e. The largest absolute Gasteiger partial charge is 0.480 e. The lowest BCUT2D eigenvalue weighted by Crippen LogP contribution is -2.61. The molecular weight excluding hydrogens is 863 g/mol. The normalized spacial score (nSPS) is 14.2. The molecule has 0 bridgehead atoms. The van der Waals surface area contributed by atoms with Crippen LogP contribution in [0.3, 0.4) is 0 Å². The smallest absolute Gasteiger partial charge is 0.326 e. The maximum Gasteiger partial charge on any atom is 0.326 e. The first kappa shape index (κ1) is 59.3. The molecule has 0 spiro atoms. The third-order valence-electron chi connectivity index (χ3n) is 9.81. The topological polar surface area (TPSA) is 496 Å². The number of amides is 6. The summed E-state index contributed by atoms with van der Waals surface area (Å²) in [5.74, 6) is -7.96. The molecule has 6 amide bonds. The standard InChI is InChI=1S/C39H77N19O8/c1-19(2)26(40)32(62)54-22(11-7-15-49-36(41)42)29(59)53-24(13-9-17-51-38(45)46)31(61)57-28(21(5)6)34(64)58-27(20(3)4)33(63)55-23(12-8-16-50-37(43)44)30(60)56-25(35(65)66)14-10-18-52-39(47)48/h19-28H,7-18,40H2,1-6H3,(H,53,59)(H,54,62)(H,55,63)(H,56,60)(H,57,61)(H,58,64)(H,65,66)(H4,41,42,49)(H4,43,44,50)(H4,45,46,51)(H4,47,48,52)/t22-,23-,24-,25-,26-,27-,28-/m0/s1. The van der Waals surface area contributed by atoms with Crippen molar-refractivity contribution in [2.24, 2.45) is 89.3 Å². The van der Waals surface area contributed by atoms with E-state index in [1.165, 1.54) is 0 Å². The van der Waals surface area contributed by atoms with E-state index in [4.69, 9.17) is 51.6 Å². The molecular formula is C39H77N19O8. The second-order valence-corrected chi connectivity index (χ2v) is 16.6. The van der Waals surface area contributed by atoms with Gasteiger partial charge in [0.2, 0.25) is 35.4 Å². The van der Waals surface area contributed by atoms with Gasteiger partial charge in [0, 0.05) is 26.2 Å². The van der Waals surface area contributed by atoms with Gasteiger partial charge in [-0.05, 0) is 69.1 Å². The number of hydrogen-bond donors (Lipinski definition) is 16. The van der Waals surface area contributed by atoms with Crippen molar-refractivity contribution in [2.45, 2.75) is 135 Å². The van der Waals surface area contributed by atoms with Crippen LogP contribution in [0.1, 0.15) is 92.9 Å². The molecule has 66 heavy (non-hydrogen) atoms. The molecule has 7 atom stereocenters. The Balaban J connectivity index is 6.54. The van der Waals surface area contributed by atoms with Crippen LogP contribution in [-0.4, -0.2) is 139 Å². The van der Waals surface area contributed by atoms with E-state index in [0.29, 0.717) is 0 Å². The van der Waals surface area contributed by atoms with Crippen molar-refractivity contribution in [3.63, 3.8) is 0 Å². The molecule has 25 N–H and O–H groups in total. The Bertz CT molecular complexity index is 1710. The van der Waals surface area contributed by atoms with E-state index in [-0.39, 0.29) is 107 Å². The molecule has 0 aromatic rings. The average molecular weight is 940 g/mol. The molecule has 27 heteroatoms. The highest BCUT2D eigenvalue weighted by atomic mass is 16.4. The first-order valence-corrected chi connectivity index (χ1v) is 21.8. The van der Waals surface area contributed by atoms with Crippen molar-refractivity contribution in [2.75, 3.05) is 26.2 Å². The van der Waals surface area contributed by atoms with Gasteiger partial charge in [-0.15, -0.1) is 0 Å². The summed E-state index contributed by atoms with van der Waals surface area (Å²) in [5, 5.41) is 25.5. The summed E-state index contributed by atoms with van der Waals surface area (Å²) in [6.45, 7) is 10.5. The Kier molecular flexibility index (Phi) is 28.1. The van der Waals surface area contributed by atoms with Crippen molar-refractivity contribution >= 4 is 65.3 Å². The number of nitrogens with one attached hydrogen (secondary N) is 6. The number of guanidine groups is 4. The molecule has 0 saturated carbocycles. The van der Waals surface area contributed by atoms with Crippen molar-refractivity contribution < 1.29 is 38.7 Å². The minimum absolute atomic E-state index is 0.0103. The van der Waals surface area contributed by atoms with Crippen molar-refractivity contribution in [3.8, 4) is 0 Å². The van der Waals surface area contributed by atoms with Crippen LogP contribution in [0.15, 0.2) is 20.0 Å². The molecule has 0 aliphatic rings. The van der Waals surface area contributed by atoms with E-state index >= 15 is 0 Å². The Morgan fingerprint density at radius 2 is 0.652 bits per heavy atom. The number of nitrogens with zero attached hydrogens (tertiary/aromatic N) is 4. The molecule has 376 valence electrons. The monoisotopic (exact) mass is 940 g/mol. The summed E-state index contributed by atoms with van der Waals surface area (Å²) >= 11 is 0. The van der Waals surface area contributed by atoms with E-state index in [9.17, 15) is 38.7 Å². The first-order valence-electron chi connectivity index (χ1n) is 21.8. The Morgan fingerprint density at radius 3 is 0.955 bits per heavy atom. The van der Waals surface area contributed by atoms with Crippen LogP contribution < -0.4 is 83.5 Å². The summed E-state index contributed by atoms with van der Waals surface area (Å²) in [7, 11) is 0. The predicted octanol–water partition coefficient (Wildman–Crippen LogP) is -5.51. The third kappa shape index (κ3) is 25.0. The van der Waals surface area contributed by atoms with E-state index in [0.717, 1.165) is 0 Å². The molecule has 0 radical (unpaired) electrons. The average Bonchev–Trinajstić information content (AvgIpc) is 3.21. The van der Waals surface area contributed by atoms with Gasteiger partial charge in [0.1, 0.15) is 36.3 Å². The number of rotatable bonds is 32. The van der Waals surface area contributed by atoms with Gasteiger partial charge in [-0.25, -0.2) is 4.79 Å². The molecule has 0 heterocycles. The van der Waals surface area contributed by atoms with Crippen molar-refractivity contribution in [1.82, 2.24) is 31.9 Å². The van der Waals surface area contributed by atoms with Crippen LogP contribution in [0.4, 0.5) is 0 Å². The van der Waals surface area contributed by atoms with E-state index in [2.05, 4.69) is 51.9 Å². The van der Waals surface area contributed by atoms with E-state index < -0.39 is 95.5 Å². The molecule has 27 nitrogen and oxygen atoms in total. The van der Waals surface area contributed by atoms with E-state index in [1.807, 2.05) is 0 Å². The first-order chi connectivity index (χ1) is 30.8. The number of carboxylic acids is 1. The third-order valence-corrected chi connectivity index (χ3v) is 9.81. The lowest BCUT2D eigenvalue weighted by molar-refractivity contribution is -0.142. The Hall–Kier alpha value is -6.67. The Labute approximate surface area is 385 Å². The molecule has 0 rings (SSSR count). The lowest BCUT2D eigenvalue weighted by Gasteiger charge is -2.30. The summed E-state index contributed by atoms with van der Waals surface area (Å²) in [4.78, 5) is 110. The van der Waals surface area contributed by atoms with Gasteiger partial charge in [-0.2, -0.15) is 0 Å². The summed E-state index contributed by atoms with van der Waals surface area (Å²) in [6.07, 6.45) is 0.869. The quantitative estimate of drug-likeness (QED) is 0.0170. The summed E-state index contributed by atoms with van der Waals surface area (Å²) < 4.78 is 0. The number of nitrogens with two attached hydrogens (primary N) is 9. The number of aliphatic carboxylic acids is 1. The summed E-state index contributed by atoms with van der Waals surface area (Å²) in [6, 6.07) is -8.58. The zero-order valence-corrected chi connectivity index (χ0v) is 39.0. The van der Waals surface area contributed by atoms with Crippen LogP contribution in [0, 0.1) is 17.8 Å². The second kappa shape index (κ2) is 31.2. The zero-order chi connectivity index (χ0) is 50.7. The van der Waals surface area contributed by atoms with Gasteiger partial charge >= 0.3 is 5.97 Å². The van der Waals surface area contributed by atoms with Gasteiger partial charge < -0.3 is 88.6 Å². The fourth-order valence-electron chi connectivity index (χ4n) is 6.02. The van der Waals surface area contributed by atoms with Crippen LogP contribution >= 0.6 is 0 Å². The number of aliphatic imine (C=N–C) groups is 4. The highest BCUT2D eigenvalue weighted by molar-refractivity contribution is 5.97. The fourth-order valence-corrected chi connectivity index (χ4v) is 6.02. The SMILES string of the molecule is CC(C)[C@H](N)C(=O)N[C@@H](CCCN=C(N)N)C(=O)N[C@@H](CCCN=C(N)N)C(=O)N[C@H](C(=O)N[C@H](C(=O)N[C@@H](CCCN=C(N)N)C(=O)N[C@@H](CCCN=C(N)N)C(=O)O)C(C)C)C(C)C. The molecule has 0 saturated heterocycles. The maximum atomic E-state index is 14.0. The maximum absolute atomic E-state index is 14.0. The zero-order valence-electron chi connectivity index (χ0n) is 39.0. The highest BCUT2D eigenvalue weighted by Crippen LogP contribution is 2.11. The number of carbonyl (C=O) groups is 7. The fraction of sp³-hybridized carbons (Fsp3) is 0.718. The number of carbonyl (C=O) groups excluding carboxylic acids is 6. The van der Waals surface area contributed by atoms with Crippen LogP contribution in [0.2, 0.25) is 0 Å².